The van der Waals surface area contributed by atoms with Crippen LogP contribution in [0.5, 0.6) is 0 Å². The first-order valence-electron chi connectivity index (χ1n) is 6.17. The third kappa shape index (κ3) is 5.42. The summed E-state index contributed by atoms with van der Waals surface area (Å²) in [6.07, 6.45) is 0.564. The van der Waals surface area contributed by atoms with Gasteiger partial charge in [0, 0.05) is 38.9 Å². The first-order chi connectivity index (χ1) is 8.98. The zero-order valence-electron chi connectivity index (χ0n) is 11.7. The van der Waals surface area contributed by atoms with Gasteiger partial charge in [0.2, 0.25) is 0 Å². The van der Waals surface area contributed by atoms with E-state index in [1.807, 2.05) is 6.07 Å². The zero-order valence-corrected chi connectivity index (χ0v) is 11.7. The number of methoxy groups -OCH3 is 2. The lowest BCUT2D eigenvalue weighted by Gasteiger charge is -2.23. The van der Waals surface area contributed by atoms with Gasteiger partial charge >= 0.3 is 5.97 Å². The molecule has 1 rings (SSSR count). The minimum absolute atomic E-state index is 0.390. The summed E-state index contributed by atoms with van der Waals surface area (Å²) in [5, 5.41) is 13.2. The maximum Gasteiger partial charge on any atom is 0.354 e. The fourth-order valence-electron chi connectivity index (χ4n) is 1.65. The van der Waals surface area contributed by atoms with Gasteiger partial charge in [0.15, 0.2) is 0 Å². The standard InChI is InChI=1S/C13H22N2O4/c1-13(17,6-7-18-2)9-14-8-10-4-5-11(15-10)12(16)19-3/h4-5,14-15,17H,6-9H2,1-3H3. The fourth-order valence-corrected chi connectivity index (χ4v) is 1.65. The molecule has 0 aliphatic carbocycles. The Morgan fingerprint density at radius 1 is 1.47 bits per heavy atom. The van der Waals surface area contributed by atoms with Gasteiger partial charge in [0.1, 0.15) is 5.69 Å². The van der Waals surface area contributed by atoms with E-state index in [4.69, 9.17) is 4.74 Å². The van der Waals surface area contributed by atoms with Gasteiger partial charge in [0.25, 0.3) is 0 Å². The molecule has 108 valence electrons. The highest BCUT2D eigenvalue weighted by Crippen LogP contribution is 2.08. The van der Waals surface area contributed by atoms with Crippen molar-refractivity contribution in [3.8, 4) is 0 Å². The van der Waals surface area contributed by atoms with Crippen LogP contribution in [0, 0.1) is 0 Å². The number of carbonyl (C=O) groups is 1. The van der Waals surface area contributed by atoms with Crippen LogP contribution in [0.2, 0.25) is 0 Å². The number of H-pyrrole nitrogens is 1. The predicted molar refractivity (Wildman–Crippen MR) is 71.0 cm³/mol. The van der Waals surface area contributed by atoms with Crippen molar-refractivity contribution in [2.24, 2.45) is 0 Å². The number of carbonyl (C=O) groups excluding carboxylic acids is 1. The monoisotopic (exact) mass is 270 g/mol. The number of esters is 1. The van der Waals surface area contributed by atoms with E-state index < -0.39 is 11.6 Å². The summed E-state index contributed by atoms with van der Waals surface area (Å²) in [5.41, 5.74) is 0.474. The SMILES string of the molecule is COCCC(C)(O)CNCc1ccc(C(=O)OC)[nH]1. The lowest BCUT2D eigenvalue weighted by atomic mass is 10.0. The van der Waals surface area contributed by atoms with Crippen molar-refractivity contribution < 1.29 is 19.4 Å². The zero-order chi connectivity index (χ0) is 14.3. The predicted octanol–water partition coefficient (Wildman–Crippen LogP) is 0.678. The highest BCUT2D eigenvalue weighted by Gasteiger charge is 2.19. The van der Waals surface area contributed by atoms with E-state index in [1.54, 1.807) is 20.1 Å². The van der Waals surface area contributed by atoms with Crippen molar-refractivity contribution >= 4 is 5.97 Å². The molecule has 0 fully saturated rings. The molecule has 1 heterocycles. The number of hydrogen-bond acceptors (Lipinski definition) is 5. The summed E-state index contributed by atoms with van der Waals surface area (Å²) >= 11 is 0. The number of nitrogens with one attached hydrogen (secondary N) is 2. The number of aromatic nitrogens is 1. The Morgan fingerprint density at radius 3 is 2.84 bits per heavy atom. The first kappa shape index (κ1) is 15.7. The van der Waals surface area contributed by atoms with Crippen molar-refractivity contribution in [2.45, 2.75) is 25.5 Å². The van der Waals surface area contributed by atoms with Crippen LogP contribution in [0.3, 0.4) is 0 Å². The minimum atomic E-state index is -0.812. The molecular weight excluding hydrogens is 248 g/mol. The van der Waals surface area contributed by atoms with Gasteiger partial charge in [-0.25, -0.2) is 4.79 Å². The quantitative estimate of drug-likeness (QED) is 0.605. The number of aliphatic hydroxyl groups is 1. The summed E-state index contributed by atoms with van der Waals surface area (Å²) in [7, 11) is 2.95. The Balaban J connectivity index is 2.36. The molecule has 0 aliphatic rings. The molecule has 1 unspecified atom stereocenters. The van der Waals surface area contributed by atoms with Gasteiger partial charge in [-0.05, 0) is 19.1 Å². The molecular formula is C13H22N2O4. The summed E-state index contributed by atoms with van der Waals surface area (Å²) in [6, 6.07) is 3.48. The fraction of sp³-hybridized carbons (Fsp3) is 0.615. The van der Waals surface area contributed by atoms with E-state index >= 15 is 0 Å². The third-order valence-corrected chi connectivity index (χ3v) is 2.82. The number of hydrogen-bond donors (Lipinski definition) is 3. The molecule has 1 aromatic heterocycles. The first-order valence-corrected chi connectivity index (χ1v) is 6.17. The number of aromatic amines is 1. The molecule has 1 aromatic rings. The maximum atomic E-state index is 11.3. The van der Waals surface area contributed by atoms with E-state index in [2.05, 4.69) is 15.0 Å². The largest absolute Gasteiger partial charge is 0.464 e. The maximum absolute atomic E-state index is 11.3. The van der Waals surface area contributed by atoms with E-state index in [0.717, 1.165) is 5.69 Å². The van der Waals surface area contributed by atoms with E-state index in [-0.39, 0.29) is 0 Å². The lowest BCUT2D eigenvalue weighted by Crippen LogP contribution is -2.38. The normalized spacial score (nSPS) is 14.1. The molecule has 0 amide bonds. The highest BCUT2D eigenvalue weighted by molar-refractivity contribution is 5.87. The van der Waals surface area contributed by atoms with Crippen molar-refractivity contribution in [1.29, 1.82) is 0 Å². The molecule has 0 spiro atoms. The Morgan fingerprint density at radius 2 is 2.21 bits per heavy atom. The van der Waals surface area contributed by atoms with Gasteiger partial charge in [0.05, 0.1) is 12.7 Å². The average molecular weight is 270 g/mol. The molecule has 3 N–H and O–H groups in total. The summed E-state index contributed by atoms with van der Waals surface area (Å²) in [4.78, 5) is 14.2. The second-order valence-corrected chi connectivity index (χ2v) is 4.73. The Kier molecular flexibility index (Phi) is 6.01. The topological polar surface area (TPSA) is 83.6 Å². The smallest absolute Gasteiger partial charge is 0.354 e. The molecule has 1 atom stereocenters. The highest BCUT2D eigenvalue weighted by atomic mass is 16.5. The van der Waals surface area contributed by atoms with Gasteiger partial charge in [-0.15, -0.1) is 0 Å². The summed E-state index contributed by atoms with van der Waals surface area (Å²) < 4.78 is 9.55. The molecule has 6 nitrogen and oxygen atoms in total. The molecule has 6 heteroatoms. The molecule has 0 saturated heterocycles. The van der Waals surface area contributed by atoms with Crippen LogP contribution >= 0.6 is 0 Å². The molecule has 0 radical (unpaired) electrons. The van der Waals surface area contributed by atoms with Crippen LogP contribution in [-0.4, -0.2) is 49.0 Å². The molecule has 0 saturated carbocycles. The second kappa shape index (κ2) is 7.28. The van der Waals surface area contributed by atoms with Gasteiger partial charge in [-0.2, -0.15) is 0 Å². The number of ether oxygens (including phenoxy) is 2. The number of rotatable bonds is 8. The molecule has 19 heavy (non-hydrogen) atoms. The average Bonchev–Trinajstić information content (AvgIpc) is 2.84. The van der Waals surface area contributed by atoms with Crippen molar-refractivity contribution in [3.63, 3.8) is 0 Å². The van der Waals surface area contributed by atoms with Crippen molar-refractivity contribution in [1.82, 2.24) is 10.3 Å². The lowest BCUT2D eigenvalue weighted by molar-refractivity contribution is 0.0247. The minimum Gasteiger partial charge on any atom is -0.464 e. The van der Waals surface area contributed by atoms with Gasteiger partial charge < -0.3 is 24.9 Å². The van der Waals surface area contributed by atoms with Crippen LogP contribution in [0.1, 0.15) is 29.5 Å². The Hall–Kier alpha value is -1.37. The summed E-state index contributed by atoms with van der Waals surface area (Å²) in [6.45, 7) is 3.26. The van der Waals surface area contributed by atoms with Gasteiger partial charge in [-0.3, -0.25) is 0 Å². The van der Waals surface area contributed by atoms with Crippen LogP contribution in [-0.2, 0) is 16.0 Å². The Labute approximate surface area is 113 Å². The molecule has 0 bridgehead atoms. The van der Waals surface area contributed by atoms with Crippen LogP contribution < -0.4 is 5.32 Å². The van der Waals surface area contributed by atoms with E-state index in [9.17, 15) is 9.90 Å². The van der Waals surface area contributed by atoms with E-state index in [1.165, 1.54) is 7.11 Å². The molecule has 0 aromatic carbocycles. The van der Waals surface area contributed by atoms with Crippen molar-refractivity contribution in [3.05, 3.63) is 23.5 Å². The summed E-state index contributed by atoms with van der Waals surface area (Å²) in [5.74, 6) is -0.390. The van der Waals surface area contributed by atoms with E-state index in [0.29, 0.717) is 31.8 Å². The van der Waals surface area contributed by atoms with Crippen LogP contribution in [0.4, 0.5) is 0 Å². The Bertz CT molecular complexity index is 401. The third-order valence-electron chi connectivity index (χ3n) is 2.82. The van der Waals surface area contributed by atoms with Crippen LogP contribution in [0.25, 0.3) is 0 Å². The van der Waals surface area contributed by atoms with Crippen molar-refractivity contribution in [2.75, 3.05) is 27.4 Å². The second-order valence-electron chi connectivity index (χ2n) is 4.73. The van der Waals surface area contributed by atoms with Gasteiger partial charge in [-0.1, -0.05) is 0 Å². The van der Waals surface area contributed by atoms with Crippen LogP contribution in [0.15, 0.2) is 12.1 Å². The molecule has 0 aliphatic heterocycles.